The van der Waals surface area contributed by atoms with Crippen LogP contribution >= 0.6 is 0 Å². The van der Waals surface area contributed by atoms with Gasteiger partial charge in [-0.1, -0.05) is 0 Å². The Morgan fingerprint density at radius 2 is 2.03 bits per heavy atom. The van der Waals surface area contributed by atoms with E-state index in [0.717, 1.165) is 41.3 Å². The lowest BCUT2D eigenvalue weighted by atomic mass is 9.93. The second-order valence-corrected chi connectivity index (χ2v) is 7.50. The molecule has 8 nitrogen and oxygen atoms in total. The van der Waals surface area contributed by atoms with Crippen LogP contribution in [0.15, 0.2) is 36.5 Å². The number of nitrogens with one attached hydrogen (secondary N) is 1. The fraction of sp³-hybridized carbons (Fsp3) is 0.381. The smallest absolute Gasteiger partial charge is 0.325 e. The Labute approximate surface area is 168 Å². The van der Waals surface area contributed by atoms with Crippen molar-refractivity contribution in [2.45, 2.75) is 44.8 Å². The van der Waals surface area contributed by atoms with Crippen LogP contribution in [0.25, 0.3) is 10.9 Å². The van der Waals surface area contributed by atoms with Crippen LogP contribution in [-0.2, 0) is 0 Å². The zero-order valence-corrected chi connectivity index (χ0v) is 16.5. The average Bonchev–Trinajstić information content (AvgIpc) is 3.12. The molecule has 3 N–H and O–H groups in total. The summed E-state index contributed by atoms with van der Waals surface area (Å²) in [5.74, 6) is 0.0508. The second-order valence-electron chi connectivity index (χ2n) is 7.50. The van der Waals surface area contributed by atoms with Crippen molar-refractivity contribution in [2.24, 2.45) is 0 Å². The Hall–Kier alpha value is -3.13. The maximum atomic E-state index is 12.7. The van der Waals surface area contributed by atoms with Crippen molar-refractivity contribution >= 4 is 22.5 Å². The van der Waals surface area contributed by atoms with Crippen LogP contribution in [0, 0.1) is 6.92 Å². The molecule has 3 aromatic rings. The van der Waals surface area contributed by atoms with E-state index in [1.807, 2.05) is 16.9 Å². The lowest BCUT2D eigenvalue weighted by molar-refractivity contribution is -0.909. The van der Waals surface area contributed by atoms with E-state index in [4.69, 9.17) is 4.74 Å². The molecule has 0 aliphatic heterocycles. The predicted molar refractivity (Wildman–Crippen MR) is 106 cm³/mol. The molecule has 1 fully saturated rings. The minimum absolute atomic E-state index is 0.128. The standard InChI is InChI=1S/C21H24N4O4/c1-13-4-3-5-19(25(13)28)21(27)22-18-10-14-12-24(15-6-8-16(26)9-7-15)23-17(14)11-20(18)29-2/h3-5,10-12,15-16,26H,6-9H2,1-2H3,(H-,22,27,28)/p+1/t15-,16-. The number of anilines is 1. The molecule has 29 heavy (non-hydrogen) atoms. The first-order valence-electron chi connectivity index (χ1n) is 9.73. The first-order chi connectivity index (χ1) is 14.0. The predicted octanol–water partition coefficient (Wildman–Crippen LogP) is 2.61. The van der Waals surface area contributed by atoms with Crippen LogP contribution in [0.1, 0.15) is 47.9 Å². The highest BCUT2D eigenvalue weighted by Gasteiger charge is 2.24. The van der Waals surface area contributed by atoms with E-state index in [2.05, 4.69) is 10.4 Å². The molecule has 0 unspecified atom stereocenters. The Morgan fingerprint density at radius 1 is 1.28 bits per heavy atom. The molecule has 152 valence electrons. The van der Waals surface area contributed by atoms with Gasteiger partial charge in [-0.05, 0) is 37.8 Å². The van der Waals surface area contributed by atoms with Crippen LogP contribution in [0.2, 0.25) is 0 Å². The van der Waals surface area contributed by atoms with E-state index in [0.29, 0.717) is 17.1 Å². The minimum Gasteiger partial charge on any atom is -0.494 e. The van der Waals surface area contributed by atoms with Gasteiger partial charge in [0.15, 0.2) is 0 Å². The van der Waals surface area contributed by atoms with Crippen molar-refractivity contribution in [3.05, 3.63) is 47.9 Å². The van der Waals surface area contributed by atoms with Crippen molar-refractivity contribution in [1.29, 1.82) is 0 Å². The Balaban J connectivity index is 1.63. The Kier molecular flexibility index (Phi) is 5.10. The highest BCUT2D eigenvalue weighted by molar-refractivity contribution is 6.04. The number of ether oxygens (including phenoxy) is 1. The van der Waals surface area contributed by atoms with Crippen molar-refractivity contribution < 1.29 is 24.6 Å². The van der Waals surface area contributed by atoms with Crippen LogP contribution in [-0.4, -0.2) is 39.2 Å². The second kappa shape index (κ2) is 7.71. The lowest BCUT2D eigenvalue weighted by Gasteiger charge is -2.25. The topological polar surface area (TPSA) is 100 Å². The van der Waals surface area contributed by atoms with Gasteiger partial charge in [0.05, 0.1) is 30.5 Å². The van der Waals surface area contributed by atoms with Crippen molar-refractivity contribution in [3.63, 3.8) is 0 Å². The summed E-state index contributed by atoms with van der Waals surface area (Å²) in [5.41, 5.74) is 1.96. The molecule has 1 aliphatic carbocycles. The number of aromatic nitrogens is 3. The number of rotatable bonds is 4. The Morgan fingerprint density at radius 3 is 2.76 bits per heavy atom. The number of hydrogen-bond donors (Lipinski definition) is 3. The lowest BCUT2D eigenvalue weighted by Crippen LogP contribution is -2.42. The third-order valence-corrected chi connectivity index (χ3v) is 5.52. The van der Waals surface area contributed by atoms with Crippen LogP contribution < -0.4 is 14.8 Å². The van der Waals surface area contributed by atoms with Gasteiger partial charge in [0.1, 0.15) is 5.75 Å². The van der Waals surface area contributed by atoms with E-state index in [1.165, 1.54) is 7.11 Å². The number of fused-ring (bicyclic) bond motifs is 1. The first-order valence-corrected chi connectivity index (χ1v) is 9.73. The maximum Gasteiger partial charge on any atom is 0.325 e. The summed E-state index contributed by atoms with van der Waals surface area (Å²) >= 11 is 0. The number of aliphatic hydroxyl groups is 1. The molecule has 1 saturated carbocycles. The summed E-state index contributed by atoms with van der Waals surface area (Å²) in [7, 11) is 1.54. The fourth-order valence-electron chi connectivity index (χ4n) is 3.82. The normalized spacial score (nSPS) is 19.3. The zero-order chi connectivity index (χ0) is 20.5. The number of nitrogens with zero attached hydrogens (tertiary/aromatic N) is 3. The largest absolute Gasteiger partial charge is 0.494 e. The van der Waals surface area contributed by atoms with Crippen molar-refractivity contribution in [2.75, 3.05) is 12.4 Å². The van der Waals surface area contributed by atoms with Gasteiger partial charge in [0.2, 0.25) is 5.69 Å². The summed E-state index contributed by atoms with van der Waals surface area (Å²) in [6, 6.07) is 8.84. The molecule has 1 aliphatic rings. The number of carbonyl (C=O) groups excluding carboxylic acids is 1. The molecule has 4 rings (SSSR count). The summed E-state index contributed by atoms with van der Waals surface area (Å²) in [4.78, 5) is 12.7. The molecule has 1 aromatic carbocycles. The highest BCUT2D eigenvalue weighted by Crippen LogP contribution is 2.33. The maximum absolute atomic E-state index is 12.7. The van der Waals surface area contributed by atoms with Gasteiger partial charge in [0.25, 0.3) is 0 Å². The SMILES string of the molecule is COc1cc2nn([C@H]3CC[C@H](O)CC3)cc2cc1NC(=O)c1cccc(C)[n+]1O. The third-order valence-electron chi connectivity index (χ3n) is 5.52. The van der Waals surface area contributed by atoms with Crippen molar-refractivity contribution in [1.82, 2.24) is 9.78 Å². The molecule has 1 amide bonds. The van der Waals surface area contributed by atoms with Gasteiger partial charge in [-0.2, -0.15) is 5.10 Å². The molecule has 8 heteroatoms. The van der Waals surface area contributed by atoms with Gasteiger partial charge in [-0.25, -0.2) is 0 Å². The Bertz CT molecular complexity index is 1050. The van der Waals surface area contributed by atoms with Gasteiger partial charge >= 0.3 is 11.6 Å². The number of carbonyl (C=O) groups is 1. The van der Waals surface area contributed by atoms with Crippen molar-refractivity contribution in [3.8, 4) is 5.75 Å². The van der Waals surface area contributed by atoms with E-state index < -0.39 is 5.91 Å². The highest BCUT2D eigenvalue weighted by atomic mass is 16.5. The third kappa shape index (κ3) is 3.75. The van der Waals surface area contributed by atoms with E-state index >= 15 is 0 Å². The zero-order valence-electron chi connectivity index (χ0n) is 16.5. The average molecular weight is 397 g/mol. The van der Waals surface area contributed by atoms with Gasteiger partial charge < -0.3 is 15.2 Å². The van der Waals surface area contributed by atoms with Crippen LogP contribution in [0.3, 0.4) is 0 Å². The number of hydrogen-bond acceptors (Lipinski definition) is 5. The fourth-order valence-corrected chi connectivity index (χ4v) is 3.82. The molecule has 0 spiro atoms. The molecular formula is C21H25N4O4+. The number of aryl methyl sites for hydroxylation is 1. The number of aliphatic hydroxyl groups excluding tert-OH is 1. The molecule has 2 heterocycles. The minimum atomic E-state index is -0.442. The number of benzene rings is 1. The first kappa shape index (κ1) is 19.2. The van der Waals surface area contributed by atoms with E-state index in [-0.39, 0.29) is 17.8 Å². The van der Waals surface area contributed by atoms with Crippen LogP contribution in [0.5, 0.6) is 5.75 Å². The molecule has 0 radical (unpaired) electrons. The quantitative estimate of drug-likeness (QED) is 0.464. The summed E-state index contributed by atoms with van der Waals surface area (Å²) < 4.78 is 8.25. The molecule has 0 bridgehead atoms. The summed E-state index contributed by atoms with van der Waals surface area (Å²) in [5, 5.41) is 28.2. The number of methoxy groups -OCH3 is 1. The monoisotopic (exact) mass is 397 g/mol. The molecule has 2 aromatic heterocycles. The number of pyridine rings is 1. The van der Waals surface area contributed by atoms with Gasteiger partial charge in [-0.3, -0.25) is 14.7 Å². The summed E-state index contributed by atoms with van der Waals surface area (Å²) in [6.07, 6.45) is 5.09. The molecular weight excluding hydrogens is 372 g/mol. The molecule has 0 atom stereocenters. The van der Waals surface area contributed by atoms with E-state index in [9.17, 15) is 15.1 Å². The van der Waals surface area contributed by atoms with Crippen LogP contribution in [0.4, 0.5) is 5.69 Å². The number of amides is 1. The molecule has 0 saturated heterocycles. The summed E-state index contributed by atoms with van der Waals surface area (Å²) in [6.45, 7) is 1.71. The van der Waals surface area contributed by atoms with Gasteiger partial charge in [0, 0.05) is 41.4 Å². The van der Waals surface area contributed by atoms with Gasteiger partial charge in [-0.15, -0.1) is 0 Å². The van der Waals surface area contributed by atoms with E-state index in [1.54, 1.807) is 31.2 Å².